The van der Waals surface area contributed by atoms with Crippen LogP contribution in [0, 0.1) is 0 Å². The van der Waals surface area contributed by atoms with Crippen LogP contribution in [0.2, 0.25) is 0 Å². The summed E-state index contributed by atoms with van der Waals surface area (Å²) in [6.45, 7) is 2.11. The minimum Gasteiger partial charge on any atom is -0.252 e. The summed E-state index contributed by atoms with van der Waals surface area (Å²) < 4.78 is 0.185. The lowest BCUT2D eigenvalue weighted by atomic mass is 10.2. The Morgan fingerprint density at radius 3 is 2.50 bits per heavy atom. The second-order valence-corrected chi connectivity index (χ2v) is 5.39. The van der Waals surface area contributed by atoms with Gasteiger partial charge < -0.3 is 0 Å². The zero-order valence-corrected chi connectivity index (χ0v) is 10.4. The van der Waals surface area contributed by atoms with E-state index in [-0.39, 0.29) is 0 Å². The molecular formula is C8H12Cl3N3. The van der Waals surface area contributed by atoms with Crippen molar-refractivity contribution in [3.63, 3.8) is 0 Å². The molecule has 0 radical (unpaired) electrons. The molecule has 14 heavy (non-hydrogen) atoms. The van der Waals surface area contributed by atoms with Gasteiger partial charge in [0, 0.05) is 7.05 Å². The molecule has 0 spiro atoms. The Morgan fingerprint density at radius 2 is 2.00 bits per heavy atom. The van der Waals surface area contributed by atoms with Crippen LogP contribution in [0.1, 0.15) is 31.2 Å². The fourth-order valence-corrected chi connectivity index (χ4v) is 1.66. The second kappa shape index (κ2) is 4.69. The molecule has 3 nitrogen and oxygen atoms in total. The van der Waals surface area contributed by atoms with Gasteiger partial charge in [-0.2, -0.15) is 0 Å². The van der Waals surface area contributed by atoms with Crippen LogP contribution in [-0.4, -0.2) is 15.0 Å². The van der Waals surface area contributed by atoms with E-state index >= 15 is 0 Å². The smallest absolute Gasteiger partial charge is 0.236 e. The van der Waals surface area contributed by atoms with Gasteiger partial charge in [0.25, 0.3) is 0 Å². The van der Waals surface area contributed by atoms with Crippen molar-refractivity contribution < 1.29 is 0 Å². The van der Waals surface area contributed by atoms with E-state index in [2.05, 4.69) is 17.2 Å². The Balaban J connectivity index is 2.94. The Hall–Kier alpha value is 0.01000. The molecule has 0 fully saturated rings. The zero-order chi connectivity index (χ0) is 10.8. The van der Waals surface area contributed by atoms with Crippen molar-refractivity contribution in [3.05, 3.63) is 11.4 Å². The average Bonchev–Trinajstić information content (AvgIpc) is 2.42. The lowest BCUT2D eigenvalue weighted by molar-refractivity contribution is 0.655. The topological polar surface area (TPSA) is 30.7 Å². The van der Waals surface area contributed by atoms with Gasteiger partial charge in [-0.25, -0.2) is 0 Å². The van der Waals surface area contributed by atoms with Gasteiger partial charge in [-0.3, -0.25) is 4.68 Å². The molecule has 0 saturated heterocycles. The van der Waals surface area contributed by atoms with Crippen LogP contribution in [0.15, 0.2) is 0 Å². The highest BCUT2D eigenvalue weighted by atomic mass is 35.6. The number of unbranched alkanes of at least 4 members (excludes halogenated alkanes) is 1. The van der Waals surface area contributed by atoms with Crippen molar-refractivity contribution >= 4 is 34.8 Å². The molecule has 0 aliphatic heterocycles. The molecule has 0 aromatic carbocycles. The Labute approximate surface area is 98.3 Å². The van der Waals surface area contributed by atoms with Crippen LogP contribution in [-0.2, 0) is 17.3 Å². The Bertz CT molecular complexity index is 303. The molecule has 1 heterocycles. The fourth-order valence-electron chi connectivity index (χ4n) is 1.22. The van der Waals surface area contributed by atoms with Gasteiger partial charge in [-0.15, -0.1) is 5.10 Å². The minimum atomic E-state index is -1.47. The molecule has 0 atom stereocenters. The van der Waals surface area contributed by atoms with Gasteiger partial charge in [0.15, 0.2) is 0 Å². The number of nitrogens with zero attached hydrogens (tertiary/aromatic N) is 3. The molecule has 0 aliphatic rings. The first-order chi connectivity index (χ1) is 6.46. The number of aromatic nitrogens is 3. The van der Waals surface area contributed by atoms with E-state index in [9.17, 15) is 0 Å². The first kappa shape index (κ1) is 12.1. The molecule has 80 valence electrons. The number of hydrogen-bond acceptors (Lipinski definition) is 2. The third-order valence-corrected chi connectivity index (χ3v) is 2.52. The summed E-state index contributed by atoms with van der Waals surface area (Å²) in [5, 5.41) is 7.71. The molecule has 1 aromatic rings. The summed E-state index contributed by atoms with van der Waals surface area (Å²) in [6.07, 6.45) is 2.96. The highest BCUT2D eigenvalue weighted by molar-refractivity contribution is 6.66. The average molecular weight is 257 g/mol. The largest absolute Gasteiger partial charge is 0.252 e. The third-order valence-electron chi connectivity index (χ3n) is 1.98. The van der Waals surface area contributed by atoms with Gasteiger partial charge in [-0.1, -0.05) is 53.4 Å². The van der Waals surface area contributed by atoms with Crippen molar-refractivity contribution in [3.8, 4) is 0 Å². The standard InChI is InChI=1S/C8H12Cl3N3/c1-3-4-5-6-7(8(9,10)11)12-13-14(6)2/h3-5H2,1-2H3. The molecule has 6 heteroatoms. The summed E-state index contributed by atoms with van der Waals surface area (Å²) in [6, 6.07) is 0. The summed E-state index contributed by atoms with van der Waals surface area (Å²) in [4.78, 5) is 0. The van der Waals surface area contributed by atoms with Crippen molar-refractivity contribution in [2.24, 2.45) is 7.05 Å². The molecule has 0 bridgehead atoms. The molecule has 0 amide bonds. The van der Waals surface area contributed by atoms with Gasteiger partial charge >= 0.3 is 0 Å². The predicted octanol–water partition coefficient (Wildman–Crippen LogP) is 2.98. The maximum atomic E-state index is 5.77. The van der Waals surface area contributed by atoms with E-state index in [1.54, 1.807) is 11.7 Å². The van der Waals surface area contributed by atoms with E-state index < -0.39 is 3.79 Å². The highest BCUT2D eigenvalue weighted by Gasteiger charge is 2.30. The number of halogens is 3. The van der Waals surface area contributed by atoms with E-state index in [1.807, 2.05) is 0 Å². The number of alkyl halides is 3. The summed E-state index contributed by atoms with van der Waals surface area (Å²) in [7, 11) is 1.80. The van der Waals surface area contributed by atoms with Crippen LogP contribution in [0.3, 0.4) is 0 Å². The molecular weight excluding hydrogens is 244 g/mol. The van der Waals surface area contributed by atoms with Crippen molar-refractivity contribution in [2.45, 2.75) is 30.0 Å². The van der Waals surface area contributed by atoms with Gasteiger partial charge in [-0.05, 0) is 12.8 Å². The third kappa shape index (κ3) is 2.75. The van der Waals surface area contributed by atoms with Crippen LogP contribution in [0.5, 0.6) is 0 Å². The first-order valence-corrected chi connectivity index (χ1v) is 5.56. The maximum Gasteiger partial charge on any atom is 0.236 e. The molecule has 0 aliphatic carbocycles. The van der Waals surface area contributed by atoms with E-state index in [4.69, 9.17) is 34.8 Å². The quantitative estimate of drug-likeness (QED) is 0.779. The minimum absolute atomic E-state index is 0.443. The van der Waals surface area contributed by atoms with Crippen LogP contribution < -0.4 is 0 Å². The lowest BCUT2D eigenvalue weighted by Crippen LogP contribution is -2.07. The summed E-state index contributed by atoms with van der Waals surface area (Å²) >= 11 is 17.3. The van der Waals surface area contributed by atoms with Crippen LogP contribution in [0.4, 0.5) is 0 Å². The molecule has 0 unspecified atom stereocenters. The van der Waals surface area contributed by atoms with Gasteiger partial charge in [0.2, 0.25) is 3.79 Å². The van der Waals surface area contributed by atoms with Crippen LogP contribution >= 0.6 is 34.8 Å². The Kier molecular flexibility index (Phi) is 4.04. The SMILES string of the molecule is CCCCc1c(C(Cl)(Cl)Cl)nnn1C. The first-order valence-electron chi connectivity index (χ1n) is 4.42. The van der Waals surface area contributed by atoms with Crippen molar-refractivity contribution in [1.82, 2.24) is 15.0 Å². The predicted molar refractivity (Wildman–Crippen MR) is 58.9 cm³/mol. The number of hydrogen-bond donors (Lipinski definition) is 0. The Morgan fingerprint density at radius 1 is 1.36 bits per heavy atom. The normalized spacial score (nSPS) is 12.1. The lowest BCUT2D eigenvalue weighted by Gasteiger charge is -2.09. The monoisotopic (exact) mass is 255 g/mol. The van der Waals surface area contributed by atoms with Gasteiger partial charge in [0.1, 0.15) is 5.69 Å². The van der Waals surface area contributed by atoms with Crippen LogP contribution in [0.25, 0.3) is 0 Å². The maximum absolute atomic E-state index is 5.77. The molecule has 0 saturated carbocycles. The van der Waals surface area contributed by atoms with Crippen molar-refractivity contribution in [1.29, 1.82) is 0 Å². The summed E-state index contributed by atoms with van der Waals surface area (Å²) in [5.41, 5.74) is 1.34. The summed E-state index contributed by atoms with van der Waals surface area (Å²) in [5.74, 6) is 0. The fraction of sp³-hybridized carbons (Fsp3) is 0.750. The number of aryl methyl sites for hydroxylation is 1. The van der Waals surface area contributed by atoms with E-state index in [0.717, 1.165) is 25.0 Å². The number of rotatable bonds is 3. The second-order valence-electron chi connectivity index (χ2n) is 3.11. The van der Waals surface area contributed by atoms with Gasteiger partial charge in [0.05, 0.1) is 5.69 Å². The molecule has 0 N–H and O–H groups in total. The zero-order valence-electron chi connectivity index (χ0n) is 8.10. The van der Waals surface area contributed by atoms with E-state index in [1.165, 1.54) is 0 Å². The highest BCUT2D eigenvalue weighted by Crippen LogP contribution is 2.38. The molecule has 1 rings (SSSR count). The molecule has 1 aromatic heterocycles. The van der Waals surface area contributed by atoms with E-state index in [0.29, 0.717) is 5.69 Å². The van der Waals surface area contributed by atoms with Crippen molar-refractivity contribution in [2.75, 3.05) is 0 Å².